The first-order valence-corrected chi connectivity index (χ1v) is 8.27. The topological polar surface area (TPSA) is 65.1 Å². The minimum absolute atomic E-state index is 0.0903. The summed E-state index contributed by atoms with van der Waals surface area (Å²) in [6.45, 7) is 0.517. The summed E-state index contributed by atoms with van der Waals surface area (Å²) in [6, 6.07) is 10.5. The number of rotatable bonds is 5. The van der Waals surface area contributed by atoms with Crippen LogP contribution in [0, 0.1) is 0 Å². The van der Waals surface area contributed by atoms with E-state index in [1.807, 2.05) is 24.3 Å². The van der Waals surface area contributed by atoms with Gasteiger partial charge < -0.3 is 10.3 Å². The summed E-state index contributed by atoms with van der Waals surface area (Å²) >= 11 is 3.36. The van der Waals surface area contributed by atoms with Crippen molar-refractivity contribution in [3.8, 4) is 0 Å². The molecular formula is C14H15BrN2O2S. The molecule has 0 spiro atoms. The van der Waals surface area contributed by atoms with Crippen molar-refractivity contribution >= 4 is 32.4 Å². The van der Waals surface area contributed by atoms with Crippen LogP contribution in [-0.2, 0) is 17.3 Å². The zero-order valence-electron chi connectivity index (χ0n) is 10.8. The Bertz CT molecular complexity index is 685. The highest BCUT2D eigenvalue weighted by Crippen LogP contribution is 2.15. The van der Waals surface area contributed by atoms with E-state index in [2.05, 4.69) is 15.9 Å². The number of halogens is 1. The maximum absolute atomic E-state index is 12.1. The molecule has 1 heterocycles. The maximum Gasteiger partial charge on any atom is 0.250 e. The van der Waals surface area contributed by atoms with Gasteiger partial charge in [0.05, 0.1) is 10.8 Å². The average molecular weight is 355 g/mol. The summed E-state index contributed by atoms with van der Waals surface area (Å²) in [7, 11) is -1.06. The predicted molar refractivity (Wildman–Crippen MR) is 85.1 cm³/mol. The van der Waals surface area contributed by atoms with E-state index in [0.29, 0.717) is 24.4 Å². The molecule has 0 bridgehead atoms. The SMILES string of the molecule is Nc1ccc(=O)n(CCCS(=O)c2cccc(Br)c2)c1. The third-order valence-corrected chi connectivity index (χ3v) is 4.73. The van der Waals surface area contributed by atoms with Crippen molar-refractivity contribution in [2.75, 3.05) is 11.5 Å². The molecular weight excluding hydrogens is 340 g/mol. The van der Waals surface area contributed by atoms with Crippen molar-refractivity contribution in [2.24, 2.45) is 0 Å². The maximum atomic E-state index is 12.1. The molecule has 0 amide bonds. The molecule has 0 saturated heterocycles. The van der Waals surface area contributed by atoms with Crippen LogP contribution in [-0.4, -0.2) is 14.5 Å². The second-order valence-electron chi connectivity index (χ2n) is 4.35. The molecule has 20 heavy (non-hydrogen) atoms. The number of aromatic nitrogens is 1. The number of hydrogen-bond acceptors (Lipinski definition) is 3. The van der Waals surface area contributed by atoms with E-state index in [1.54, 1.807) is 16.8 Å². The average Bonchev–Trinajstić information content (AvgIpc) is 2.42. The van der Waals surface area contributed by atoms with Gasteiger partial charge in [0.1, 0.15) is 0 Å². The van der Waals surface area contributed by atoms with Gasteiger partial charge in [-0.1, -0.05) is 22.0 Å². The second-order valence-corrected chi connectivity index (χ2v) is 6.84. The summed E-state index contributed by atoms with van der Waals surface area (Å²) < 4.78 is 14.6. The Morgan fingerprint density at radius 2 is 2.05 bits per heavy atom. The lowest BCUT2D eigenvalue weighted by atomic mass is 10.4. The van der Waals surface area contributed by atoms with Crippen LogP contribution in [0.1, 0.15) is 6.42 Å². The molecule has 1 atom stereocenters. The molecule has 0 saturated carbocycles. The van der Waals surface area contributed by atoms with Crippen molar-refractivity contribution in [3.63, 3.8) is 0 Å². The molecule has 1 aromatic heterocycles. The summed E-state index contributed by atoms with van der Waals surface area (Å²) in [4.78, 5) is 12.4. The van der Waals surface area contributed by atoms with Crippen molar-refractivity contribution in [1.29, 1.82) is 0 Å². The van der Waals surface area contributed by atoms with Crippen LogP contribution in [0.5, 0.6) is 0 Å². The lowest BCUT2D eigenvalue weighted by Gasteiger charge is -2.06. The fourth-order valence-electron chi connectivity index (χ4n) is 1.82. The van der Waals surface area contributed by atoms with Crippen molar-refractivity contribution in [2.45, 2.75) is 17.9 Å². The number of nitrogens with zero attached hydrogens (tertiary/aromatic N) is 1. The molecule has 0 fully saturated rings. The minimum Gasteiger partial charge on any atom is -0.398 e. The number of nitrogens with two attached hydrogens (primary N) is 1. The fourth-order valence-corrected chi connectivity index (χ4v) is 3.48. The summed E-state index contributed by atoms with van der Waals surface area (Å²) in [5.74, 6) is 0.512. The Morgan fingerprint density at radius 3 is 2.80 bits per heavy atom. The molecule has 2 aromatic rings. The molecule has 106 valence electrons. The van der Waals surface area contributed by atoms with Gasteiger partial charge in [0.2, 0.25) is 0 Å². The van der Waals surface area contributed by atoms with Crippen LogP contribution in [0.2, 0.25) is 0 Å². The van der Waals surface area contributed by atoms with Crippen LogP contribution in [0.25, 0.3) is 0 Å². The molecule has 0 aliphatic heterocycles. The highest BCUT2D eigenvalue weighted by Gasteiger charge is 2.05. The van der Waals surface area contributed by atoms with Gasteiger partial charge in [-0.15, -0.1) is 0 Å². The molecule has 0 radical (unpaired) electrons. The van der Waals surface area contributed by atoms with Crippen molar-refractivity contribution in [3.05, 3.63) is 57.4 Å². The third-order valence-electron chi connectivity index (χ3n) is 2.79. The van der Waals surface area contributed by atoms with Crippen molar-refractivity contribution in [1.82, 2.24) is 4.57 Å². The summed E-state index contributed by atoms with van der Waals surface area (Å²) in [6.07, 6.45) is 2.27. The van der Waals surface area contributed by atoms with Crippen LogP contribution in [0.15, 0.2) is 56.8 Å². The van der Waals surface area contributed by atoms with Gasteiger partial charge in [-0.2, -0.15) is 0 Å². The normalized spacial score (nSPS) is 12.2. The van der Waals surface area contributed by atoms with E-state index in [1.165, 1.54) is 6.07 Å². The quantitative estimate of drug-likeness (QED) is 0.896. The smallest absolute Gasteiger partial charge is 0.250 e. The van der Waals surface area contributed by atoms with Crippen LogP contribution in [0.3, 0.4) is 0 Å². The first-order chi connectivity index (χ1) is 9.56. The Labute approximate surface area is 128 Å². The molecule has 2 N–H and O–H groups in total. The molecule has 1 unspecified atom stereocenters. The number of hydrogen-bond donors (Lipinski definition) is 1. The summed E-state index contributed by atoms with van der Waals surface area (Å²) in [5, 5.41) is 0. The number of anilines is 1. The lowest BCUT2D eigenvalue weighted by molar-refractivity contribution is 0.644. The zero-order valence-corrected chi connectivity index (χ0v) is 13.2. The largest absolute Gasteiger partial charge is 0.398 e. The van der Waals surface area contributed by atoms with Gasteiger partial charge in [-0.3, -0.25) is 9.00 Å². The predicted octanol–water partition coefficient (Wildman–Crippen LogP) is 2.39. The first kappa shape index (κ1) is 15.0. The van der Waals surface area contributed by atoms with E-state index >= 15 is 0 Å². The van der Waals surface area contributed by atoms with Gasteiger partial charge in [0.15, 0.2) is 0 Å². The van der Waals surface area contributed by atoms with E-state index in [9.17, 15) is 9.00 Å². The van der Waals surface area contributed by atoms with Gasteiger partial charge in [0.25, 0.3) is 5.56 Å². The standard InChI is InChI=1S/C14H15BrN2O2S/c15-11-3-1-4-13(9-11)20(19)8-2-7-17-10-12(16)5-6-14(17)18/h1,3-6,9-10H,2,7-8,16H2. The Morgan fingerprint density at radius 1 is 1.25 bits per heavy atom. The molecule has 1 aromatic carbocycles. The van der Waals surface area contributed by atoms with Crippen molar-refractivity contribution < 1.29 is 4.21 Å². The summed E-state index contributed by atoms with van der Waals surface area (Å²) in [5.41, 5.74) is 6.10. The van der Waals surface area contributed by atoms with E-state index in [-0.39, 0.29) is 5.56 Å². The van der Waals surface area contributed by atoms with Crippen LogP contribution < -0.4 is 11.3 Å². The number of benzene rings is 1. The first-order valence-electron chi connectivity index (χ1n) is 6.16. The van der Waals surface area contributed by atoms with Gasteiger partial charge in [0, 0.05) is 39.6 Å². The highest BCUT2D eigenvalue weighted by atomic mass is 79.9. The van der Waals surface area contributed by atoms with E-state index in [4.69, 9.17) is 5.73 Å². The molecule has 4 nitrogen and oxygen atoms in total. The van der Waals surface area contributed by atoms with Gasteiger partial charge in [-0.05, 0) is 30.7 Å². The Balaban J connectivity index is 1.94. The van der Waals surface area contributed by atoms with Crippen LogP contribution >= 0.6 is 15.9 Å². The van der Waals surface area contributed by atoms with Gasteiger partial charge in [-0.25, -0.2) is 0 Å². The molecule has 0 aliphatic carbocycles. The number of nitrogen functional groups attached to an aromatic ring is 1. The molecule has 0 aliphatic rings. The third kappa shape index (κ3) is 4.05. The Hall–Kier alpha value is -1.40. The lowest BCUT2D eigenvalue weighted by Crippen LogP contribution is -2.19. The zero-order chi connectivity index (χ0) is 14.5. The number of aryl methyl sites for hydroxylation is 1. The molecule has 2 rings (SSSR count). The molecule has 6 heteroatoms. The minimum atomic E-state index is -1.06. The van der Waals surface area contributed by atoms with E-state index < -0.39 is 10.8 Å². The van der Waals surface area contributed by atoms with Gasteiger partial charge >= 0.3 is 0 Å². The Kier molecular flexibility index (Phi) is 5.14. The van der Waals surface area contributed by atoms with E-state index in [0.717, 1.165) is 9.37 Å². The fraction of sp³-hybridized carbons (Fsp3) is 0.214. The monoisotopic (exact) mass is 354 g/mol. The highest BCUT2D eigenvalue weighted by molar-refractivity contribution is 9.10. The van der Waals surface area contributed by atoms with Crippen LogP contribution in [0.4, 0.5) is 5.69 Å². The second kappa shape index (κ2) is 6.85. The number of pyridine rings is 1.